The molecule has 4 heteroatoms. The van der Waals surface area contributed by atoms with E-state index in [-0.39, 0.29) is 11.8 Å². The number of nitrogens with one attached hydrogen (secondary N) is 1. The molecule has 0 spiro atoms. The second kappa shape index (κ2) is 5.85. The van der Waals surface area contributed by atoms with Crippen molar-refractivity contribution in [3.8, 4) is 11.8 Å². The maximum Gasteiger partial charge on any atom is 0.120 e. The number of halogens is 1. The second-order valence-electron chi connectivity index (χ2n) is 4.73. The van der Waals surface area contributed by atoms with Crippen molar-refractivity contribution in [1.82, 2.24) is 0 Å². The van der Waals surface area contributed by atoms with E-state index in [1.165, 1.54) is 0 Å². The summed E-state index contributed by atoms with van der Waals surface area (Å²) in [6, 6.07) is 12.5. The second-order valence-corrected chi connectivity index (χ2v) is 5.14. The van der Waals surface area contributed by atoms with Gasteiger partial charge >= 0.3 is 0 Å². The minimum absolute atomic E-state index is 0.0969. The first-order valence-corrected chi connectivity index (χ1v) is 6.64. The molecule has 2 rings (SSSR count). The van der Waals surface area contributed by atoms with Crippen molar-refractivity contribution < 1.29 is 5.11 Å². The Bertz CT molecular complexity index is 677. The first kappa shape index (κ1) is 14.2. The summed E-state index contributed by atoms with van der Waals surface area (Å²) in [5, 5.41) is 22.5. The van der Waals surface area contributed by atoms with Gasteiger partial charge in [-0.1, -0.05) is 29.3 Å². The summed E-state index contributed by atoms with van der Waals surface area (Å²) in [6.45, 7) is 3.92. The van der Waals surface area contributed by atoms with Gasteiger partial charge < -0.3 is 10.4 Å². The topological polar surface area (TPSA) is 56.0 Å². The third-order valence-electron chi connectivity index (χ3n) is 3.12. The molecule has 2 aromatic carbocycles. The lowest BCUT2D eigenvalue weighted by Crippen LogP contribution is -2.07. The van der Waals surface area contributed by atoms with Crippen molar-refractivity contribution in [2.24, 2.45) is 0 Å². The highest BCUT2D eigenvalue weighted by Crippen LogP contribution is 2.31. The molecular formula is C16H15ClN2O. The monoisotopic (exact) mass is 286 g/mol. The molecule has 0 heterocycles. The van der Waals surface area contributed by atoms with Gasteiger partial charge in [-0.25, -0.2) is 0 Å². The molecule has 102 valence electrons. The molecule has 0 radical (unpaired) electrons. The third-order valence-corrected chi connectivity index (χ3v) is 3.43. The molecule has 2 N–H and O–H groups in total. The van der Waals surface area contributed by atoms with Crippen molar-refractivity contribution in [2.75, 3.05) is 5.32 Å². The normalized spacial score (nSPS) is 11.7. The molecular weight excluding hydrogens is 272 g/mol. The first-order chi connectivity index (χ1) is 9.51. The van der Waals surface area contributed by atoms with Gasteiger partial charge in [-0.05, 0) is 38.1 Å². The molecule has 2 aromatic rings. The number of rotatable bonds is 3. The minimum atomic E-state index is -0.0969. The fourth-order valence-corrected chi connectivity index (χ4v) is 2.27. The Balaban J connectivity index is 2.26. The summed E-state index contributed by atoms with van der Waals surface area (Å²) in [4.78, 5) is 0. The summed E-state index contributed by atoms with van der Waals surface area (Å²) in [7, 11) is 0. The smallest absolute Gasteiger partial charge is 0.120 e. The van der Waals surface area contributed by atoms with Crippen LogP contribution in [0.2, 0.25) is 5.02 Å². The average Bonchev–Trinajstić information content (AvgIpc) is 2.43. The van der Waals surface area contributed by atoms with Gasteiger partial charge in [0.15, 0.2) is 0 Å². The molecule has 0 saturated heterocycles. The molecule has 0 saturated carbocycles. The van der Waals surface area contributed by atoms with Crippen LogP contribution in [-0.2, 0) is 0 Å². The Kier molecular flexibility index (Phi) is 4.16. The number of anilines is 1. The van der Waals surface area contributed by atoms with Gasteiger partial charge in [0.1, 0.15) is 5.75 Å². The number of aryl methyl sites for hydroxylation is 1. The molecule has 0 aromatic heterocycles. The Hall–Kier alpha value is -2.18. The number of hydrogen-bond acceptors (Lipinski definition) is 3. The summed E-state index contributed by atoms with van der Waals surface area (Å²) in [5.41, 5.74) is 3.15. The zero-order chi connectivity index (χ0) is 14.7. The SMILES string of the molecule is Cc1ccc(O)c(C(C)Nc2ccc(C#N)cc2Cl)c1. The Morgan fingerprint density at radius 3 is 2.65 bits per heavy atom. The van der Waals surface area contributed by atoms with E-state index in [0.29, 0.717) is 10.6 Å². The third kappa shape index (κ3) is 3.04. The number of phenolic OH excluding ortho intramolecular Hbond substituents is 1. The number of benzene rings is 2. The van der Waals surface area contributed by atoms with Crippen LogP contribution in [0, 0.1) is 18.3 Å². The van der Waals surface area contributed by atoms with E-state index in [0.717, 1.165) is 16.8 Å². The predicted octanol–water partition coefficient (Wildman–Crippen LogP) is 4.40. The van der Waals surface area contributed by atoms with Gasteiger partial charge in [0, 0.05) is 5.56 Å². The minimum Gasteiger partial charge on any atom is -0.508 e. The molecule has 0 aliphatic rings. The largest absolute Gasteiger partial charge is 0.508 e. The highest BCUT2D eigenvalue weighted by molar-refractivity contribution is 6.33. The molecule has 20 heavy (non-hydrogen) atoms. The van der Waals surface area contributed by atoms with Gasteiger partial charge in [0.25, 0.3) is 0 Å². The zero-order valence-electron chi connectivity index (χ0n) is 11.3. The maximum atomic E-state index is 9.92. The standard InChI is InChI=1S/C16H15ClN2O/c1-10-3-6-16(20)13(7-10)11(2)19-15-5-4-12(9-18)8-14(15)17/h3-8,11,19-20H,1-2H3. The molecule has 0 amide bonds. The fraction of sp³-hybridized carbons (Fsp3) is 0.188. The molecule has 0 aliphatic carbocycles. The number of phenols is 1. The molecule has 0 bridgehead atoms. The lowest BCUT2D eigenvalue weighted by atomic mass is 10.0. The van der Waals surface area contributed by atoms with E-state index in [4.69, 9.17) is 16.9 Å². The van der Waals surface area contributed by atoms with Crippen LogP contribution >= 0.6 is 11.6 Å². The Labute approximate surface area is 123 Å². The van der Waals surface area contributed by atoms with Crippen LogP contribution in [0.1, 0.15) is 29.7 Å². The van der Waals surface area contributed by atoms with Crippen LogP contribution in [0.5, 0.6) is 5.75 Å². The van der Waals surface area contributed by atoms with Gasteiger partial charge in [-0.3, -0.25) is 0 Å². The molecule has 1 atom stereocenters. The summed E-state index contributed by atoms with van der Waals surface area (Å²) < 4.78 is 0. The summed E-state index contributed by atoms with van der Waals surface area (Å²) in [5.74, 6) is 0.250. The summed E-state index contributed by atoms with van der Waals surface area (Å²) in [6.07, 6.45) is 0. The van der Waals surface area contributed by atoms with E-state index in [1.54, 1.807) is 24.3 Å². The van der Waals surface area contributed by atoms with Crippen molar-refractivity contribution in [3.63, 3.8) is 0 Å². The van der Waals surface area contributed by atoms with Gasteiger partial charge in [-0.2, -0.15) is 5.26 Å². The Morgan fingerprint density at radius 1 is 1.25 bits per heavy atom. The fourth-order valence-electron chi connectivity index (χ4n) is 2.03. The van der Waals surface area contributed by atoms with Crippen LogP contribution in [0.25, 0.3) is 0 Å². The van der Waals surface area contributed by atoms with Gasteiger partial charge in [0.2, 0.25) is 0 Å². The number of nitriles is 1. The predicted molar refractivity (Wildman–Crippen MR) is 81.0 cm³/mol. The van der Waals surface area contributed by atoms with Crippen molar-refractivity contribution in [2.45, 2.75) is 19.9 Å². The molecule has 0 fully saturated rings. The van der Waals surface area contributed by atoms with E-state index >= 15 is 0 Å². The highest BCUT2D eigenvalue weighted by atomic mass is 35.5. The highest BCUT2D eigenvalue weighted by Gasteiger charge is 2.12. The van der Waals surface area contributed by atoms with Crippen LogP contribution in [-0.4, -0.2) is 5.11 Å². The van der Waals surface area contributed by atoms with Crippen LogP contribution in [0.3, 0.4) is 0 Å². The maximum absolute atomic E-state index is 9.92. The van der Waals surface area contributed by atoms with Crippen LogP contribution in [0.4, 0.5) is 5.69 Å². The van der Waals surface area contributed by atoms with Crippen molar-refractivity contribution >= 4 is 17.3 Å². The van der Waals surface area contributed by atoms with Crippen LogP contribution < -0.4 is 5.32 Å². The van der Waals surface area contributed by atoms with Gasteiger partial charge in [-0.15, -0.1) is 0 Å². The molecule has 1 unspecified atom stereocenters. The van der Waals surface area contributed by atoms with Crippen LogP contribution in [0.15, 0.2) is 36.4 Å². The number of aromatic hydroxyl groups is 1. The average molecular weight is 287 g/mol. The summed E-state index contributed by atoms with van der Waals surface area (Å²) >= 11 is 6.13. The quantitative estimate of drug-likeness (QED) is 0.879. The van der Waals surface area contributed by atoms with E-state index in [2.05, 4.69) is 5.32 Å². The number of nitrogens with zero attached hydrogens (tertiary/aromatic N) is 1. The lowest BCUT2D eigenvalue weighted by Gasteiger charge is -2.18. The zero-order valence-corrected chi connectivity index (χ0v) is 12.1. The van der Waals surface area contributed by atoms with E-state index in [1.807, 2.05) is 32.0 Å². The molecule has 0 aliphatic heterocycles. The first-order valence-electron chi connectivity index (χ1n) is 6.27. The van der Waals surface area contributed by atoms with Gasteiger partial charge in [0.05, 0.1) is 28.4 Å². The Morgan fingerprint density at radius 2 is 2.00 bits per heavy atom. The van der Waals surface area contributed by atoms with E-state index in [9.17, 15) is 5.11 Å². The lowest BCUT2D eigenvalue weighted by molar-refractivity contribution is 0.465. The number of hydrogen-bond donors (Lipinski definition) is 2. The van der Waals surface area contributed by atoms with E-state index < -0.39 is 0 Å². The van der Waals surface area contributed by atoms with Crippen molar-refractivity contribution in [1.29, 1.82) is 5.26 Å². The van der Waals surface area contributed by atoms with Crippen molar-refractivity contribution in [3.05, 3.63) is 58.1 Å². The molecule has 3 nitrogen and oxygen atoms in total.